The third-order valence-electron chi connectivity index (χ3n) is 3.21. The van der Waals surface area contributed by atoms with Gasteiger partial charge in [-0.15, -0.1) is 11.3 Å². The van der Waals surface area contributed by atoms with E-state index in [0.717, 1.165) is 16.0 Å². The number of thiazole rings is 2. The van der Waals surface area contributed by atoms with Gasteiger partial charge in [-0.3, -0.25) is 0 Å². The number of aryl methyl sites for hydroxylation is 3. The fraction of sp³-hybridized carbons (Fsp3) is 0.176. The van der Waals surface area contributed by atoms with Gasteiger partial charge in [-0.1, -0.05) is 23.5 Å². The van der Waals surface area contributed by atoms with Crippen LogP contribution < -0.4 is 5.73 Å². The highest BCUT2D eigenvalue weighted by Crippen LogP contribution is 2.24. The Morgan fingerprint density at radius 3 is 1.95 bits per heavy atom. The molecule has 4 rings (SSSR count). The first-order chi connectivity index (χ1) is 10.5. The van der Waals surface area contributed by atoms with Crippen molar-refractivity contribution in [1.82, 2.24) is 9.97 Å². The zero-order valence-corrected chi connectivity index (χ0v) is 14.4. The van der Waals surface area contributed by atoms with Gasteiger partial charge in [0.1, 0.15) is 0 Å². The molecule has 0 bridgehead atoms. The molecule has 3 nitrogen and oxygen atoms in total. The summed E-state index contributed by atoms with van der Waals surface area (Å²) in [5.74, 6) is 0. The Morgan fingerprint density at radius 2 is 1.32 bits per heavy atom. The predicted octanol–water partition coefficient (Wildman–Crippen LogP) is 5.10. The van der Waals surface area contributed by atoms with Gasteiger partial charge in [0.05, 0.1) is 25.4 Å². The summed E-state index contributed by atoms with van der Waals surface area (Å²) in [6, 6.07) is 12.5. The number of fused-ring (bicyclic) bond motifs is 2. The Balaban J connectivity index is 0.000000131. The molecule has 0 fully saturated rings. The van der Waals surface area contributed by atoms with Crippen molar-refractivity contribution in [3.63, 3.8) is 0 Å². The normalized spacial score (nSPS) is 10.7. The number of benzene rings is 2. The van der Waals surface area contributed by atoms with Crippen LogP contribution in [0.4, 0.5) is 5.13 Å². The molecule has 0 saturated heterocycles. The molecule has 0 saturated carbocycles. The van der Waals surface area contributed by atoms with E-state index >= 15 is 0 Å². The van der Waals surface area contributed by atoms with E-state index in [4.69, 9.17) is 5.73 Å². The van der Waals surface area contributed by atoms with Crippen LogP contribution in [0.2, 0.25) is 0 Å². The lowest BCUT2D eigenvalue weighted by atomic mass is 10.2. The molecule has 0 radical (unpaired) electrons. The van der Waals surface area contributed by atoms with Gasteiger partial charge >= 0.3 is 0 Å². The summed E-state index contributed by atoms with van der Waals surface area (Å²) in [5, 5.41) is 1.79. The molecular formula is C17H17N3S2. The fourth-order valence-electron chi connectivity index (χ4n) is 2.20. The van der Waals surface area contributed by atoms with Gasteiger partial charge in [0.2, 0.25) is 0 Å². The quantitative estimate of drug-likeness (QED) is 0.489. The van der Waals surface area contributed by atoms with E-state index in [0.29, 0.717) is 5.13 Å². The molecule has 0 amide bonds. The first-order valence-corrected chi connectivity index (χ1v) is 8.61. The molecule has 2 aromatic carbocycles. The van der Waals surface area contributed by atoms with E-state index in [1.54, 1.807) is 11.3 Å². The molecule has 0 aliphatic heterocycles. The molecule has 0 unspecified atom stereocenters. The van der Waals surface area contributed by atoms with Gasteiger partial charge < -0.3 is 5.73 Å². The number of nitrogens with zero attached hydrogens (tertiary/aromatic N) is 2. The second-order valence-electron chi connectivity index (χ2n) is 5.23. The molecule has 5 heteroatoms. The van der Waals surface area contributed by atoms with Gasteiger partial charge in [0.15, 0.2) is 5.13 Å². The lowest BCUT2D eigenvalue weighted by molar-refractivity contribution is 1.34. The first kappa shape index (κ1) is 14.9. The molecule has 4 aromatic rings. The molecule has 2 heterocycles. The van der Waals surface area contributed by atoms with Crippen LogP contribution in [0, 0.1) is 20.8 Å². The van der Waals surface area contributed by atoms with Crippen molar-refractivity contribution in [3.8, 4) is 0 Å². The van der Waals surface area contributed by atoms with Crippen LogP contribution in [0.15, 0.2) is 36.4 Å². The number of nitrogens with two attached hydrogens (primary N) is 1. The van der Waals surface area contributed by atoms with Crippen LogP contribution in [0.1, 0.15) is 16.1 Å². The molecule has 0 spiro atoms. The molecule has 22 heavy (non-hydrogen) atoms. The third-order valence-corrected chi connectivity index (χ3v) is 4.99. The molecule has 0 aliphatic carbocycles. The first-order valence-electron chi connectivity index (χ1n) is 6.98. The number of hydrogen-bond donors (Lipinski definition) is 1. The third kappa shape index (κ3) is 3.26. The number of nitrogen functional groups attached to an aromatic ring is 1. The average molecular weight is 327 g/mol. The smallest absolute Gasteiger partial charge is 0.181 e. The summed E-state index contributed by atoms with van der Waals surface area (Å²) in [5.41, 5.74) is 10.2. The Bertz CT molecular complexity index is 860. The van der Waals surface area contributed by atoms with E-state index in [-0.39, 0.29) is 0 Å². The Kier molecular flexibility index (Phi) is 4.09. The van der Waals surface area contributed by atoms with Crippen LogP contribution in [-0.4, -0.2) is 9.97 Å². The van der Waals surface area contributed by atoms with Gasteiger partial charge in [0.25, 0.3) is 0 Å². The summed E-state index contributed by atoms with van der Waals surface area (Å²) < 4.78 is 2.46. The van der Waals surface area contributed by atoms with Crippen molar-refractivity contribution in [1.29, 1.82) is 0 Å². The van der Waals surface area contributed by atoms with Gasteiger partial charge in [-0.05, 0) is 56.2 Å². The molecule has 112 valence electrons. The fourth-order valence-corrected chi connectivity index (χ4v) is 3.95. The van der Waals surface area contributed by atoms with Gasteiger partial charge in [-0.25, -0.2) is 9.97 Å². The minimum atomic E-state index is 0.644. The molecule has 0 aliphatic rings. The number of rotatable bonds is 0. The SMILES string of the molecule is Cc1ccc2nc(C)sc2c1.Cc1ccc2nc(N)sc2c1. The lowest BCUT2D eigenvalue weighted by Crippen LogP contribution is -1.78. The topological polar surface area (TPSA) is 51.8 Å². The standard InChI is InChI=1S/C9H9NS.C8H8N2S/c1-6-3-4-8-9(5-6)11-7(2)10-8;1-5-2-3-6-7(4-5)11-8(9)10-6/h3-5H,1-2H3;2-4H,1H3,(H2,9,10). The minimum Gasteiger partial charge on any atom is -0.375 e. The second-order valence-corrected chi connectivity index (χ2v) is 7.52. The van der Waals surface area contributed by atoms with Crippen molar-refractivity contribution >= 4 is 48.2 Å². The van der Waals surface area contributed by atoms with Crippen LogP contribution in [0.3, 0.4) is 0 Å². The number of aromatic nitrogens is 2. The number of hydrogen-bond acceptors (Lipinski definition) is 5. The van der Waals surface area contributed by atoms with Crippen molar-refractivity contribution in [2.45, 2.75) is 20.8 Å². The molecule has 2 N–H and O–H groups in total. The van der Waals surface area contributed by atoms with E-state index in [9.17, 15) is 0 Å². The molecule has 2 aromatic heterocycles. The maximum Gasteiger partial charge on any atom is 0.181 e. The van der Waals surface area contributed by atoms with E-state index < -0.39 is 0 Å². The second kappa shape index (κ2) is 6.02. The molecular weight excluding hydrogens is 310 g/mol. The van der Waals surface area contributed by atoms with E-state index in [1.807, 2.05) is 19.1 Å². The lowest BCUT2D eigenvalue weighted by Gasteiger charge is -1.88. The highest BCUT2D eigenvalue weighted by atomic mass is 32.1. The van der Waals surface area contributed by atoms with Crippen LogP contribution in [-0.2, 0) is 0 Å². The van der Waals surface area contributed by atoms with Crippen molar-refractivity contribution in [3.05, 3.63) is 52.5 Å². The van der Waals surface area contributed by atoms with Crippen molar-refractivity contribution in [2.24, 2.45) is 0 Å². The zero-order valence-electron chi connectivity index (χ0n) is 12.8. The Hall–Kier alpha value is -1.98. The van der Waals surface area contributed by atoms with Crippen LogP contribution in [0.5, 0.6) is 0 Å². The highest BCUT2D eigenvalue weighted by Gasteiger charge is 1.99. The summed E-state index contributed by atoms with van der Waals surface area (Å²) in [6.45, 7) is 6.21. The predicted molar refractivity (Wildman–Crippen MR) is 97.9 cm³/mol. The zero-order chi connectivity index (χ0) is 15.7. The van der Waals surface area contributed by atoms with E-state index in [2.05, 4.69) is 48.1 Å². The summed E-state index contributed by atoms with van der Waals surface area (Å²) >= 11 is 3.29. The number of anilines is 1. The minimum absolute atomic E-state index is 0.644. The maximum atomic E-state index is 5.55. The monoisotopic (exact) mass is 327 g/mol. The summed E-state index contributed by atoms with van der Waals surface area (Å²) in [7, 11) is 0. The van der Waals surface area contributed by atoms with Gasteiger partial charge in [-0.2, -0.15) is 0 Å². The summed E-state index contributed by atoms with van der Waals surface area (Å²) in [6.07, 6.45) is 0. The Morgan fingerprint density at radius 1 is 0.773 bits per heavy atom. The van der Waals surface area contributed by atoms with E-state index in [1.165, 1.54) is 31.9 Å². The Labute approximate surface area is 137 Å². The maximum absolute atomic E-state index is 5.55. The van der Waals surface area contributed by atoms with Crippen molar-refractivity contribution < 1.29 is 0 Å². The highest BCUT2D eigenvalue weighted by molar-refractivity contribution is 7.22. The van der Waals surface area contributed by atoms with Crippen molar-refractivity contribution in [2.75, 3.05) is 5.73 Å². The largest absolute Gasteiger partial charge is 0.375 e. The van der Waals surface area contributed by atoms with Crippen LogP contribution in [0.25, 0.3) is 20.4 Å². The van der Waals surface area contributed by atoms with Crippen LogP contribution >= 0.6 is 22.7 Å². The summed E-state index contributed by atoms with van der Waals surface area (Å²) in [4.78, 5) is 8.52. The average Bonchev–Trinajstić information content (AvgIpc) is 2.99. The molecule has 0 atom stereocenters. The van der Waals surface area contributed by atoms with Gasteiger partial charge in [0, 0.05) is 0 Å².